The fraction of sp³-hybridized carbons (Fsp3) is 0.200. The van der Waals surface area contributed by atoms with Crippen molar-refractivity contribution >= 4 is 39.3 Å². The van der Waals surface area contributed by atoms with Crippen molar-refractivity contribution in [2.24, 2.45) is 0 Å². The van der Waals surface area contributed by atoms with Crippen LogP contribution in [0.25, 0.3) is 0 Å². The molecule has 160 valence electrons. The first-order chi connectivity index (χ1) is 15.0. The van der Waals surface area contributed by atoms with E-state index in [1.54, 1.807) is 24.1 Å². The summed E-state index contributed by atoms with van der Waals surface area (Å²) in [6.45, 7) is 0.338. The molecule has 0 fully saturated rings. The fourth-order valence-corrected chi connectivity index (χ4v) is 3.78. The lowest BCUT2D eigenvalue weighted by Gasteiger charge is -2.31. The van der Waals surface area contributed by atoms with Gasteiger partial charge in [-0.2, -0.15) is 0 Å². The molecule has 0 saturated carbocycles. The van der Waals surface area contributed by atoms with Crippen LogP contribution in [-0.2, 0) is 29.0 Å². The van der Waals surface area contributed by atoms with Gasteiger partial charge in [0, 0.05) is 29.5 Å². The first-order valence-electron chi connectivity index (χ1n) is 10.00. The van der Waals surface area contributed by atoms with Crippen LogP contribution < -0.4 is 5.32 Å². The maximum absolute atomic E-state index is 13.4. The van der Waals surface area contributed by atoms with Crippen LogP contribution in [0.1, 0.15) is 16.7 Å². The molecule has 3 rings (SSSR count). The second-order valence-corrected chi connectivity index (χ2v) is 8.62. The monoisotopic (exact) mass is 498 g/mol. The number of nitrogens with zero attached hydrogens (tertiary/aromatic N) is 1. The third-order valence-electron chi connectivity index (χ3n) is 5.05. The summed E-state index contributed by atoms with van der Waals surface area (Å²) < 4.78 is 0.961. The molecule has 1 N–H and O–H groups in total. The summed E-state index contributed by atoms with van der Waals surface area (Å²) in [5, 5.41) is 3.35. The molecule has 0 aromatic heterocycles. The van der Waals surface area contributed by atoms with Gasteiger partial charge in [0.15, 0.2) is 0 Å². The van der Waals surface area contributed by atoms with Crippen molar-refractivity contribution in [2.75, 3.05) is 7.05 Å². The van der Waals surface area contributed by atoms with E-state index in [0.717, 1.165) is 21.2 Å². The third-order valence-corrected chi connectivity index (χ3v) is 5.83. The zero-order chi connectivity index (χ0) is 22.2. The highest BCUT2D eigenvalue weighted by Crippen LogP contribution is 2.19. The molecule has 0 aliphatic heterocycles. The number of halogens is 2. The number of rotatable bonds is 8. The fourth-order valence-electron chi connectivity index (χ4n) is 3.39. The molecule has 2 amide bonds. The standard InChI is InChI=1S/C25H24BrClN2O2/c1-28-25(31)23(15-18-5-3-2-4-6-18)29(17-20-7-11-21(26)12-8-20)24(30)16-19-9-13-22(27)14-10-19/h2-14,23H,15-17H2,1H3,(H,28,31). The summed E-state index contributed by atoms with van der Waals surface area (Å²) in [6, 6.07) is 24.1. The summed E-state index contributed by atoms with van der Waals surface area (Å²) in [4.78, 5) is 28.0. The maximum atomic E-state index is 13.4. The number of nitrogens with one attached hydrogen (secondary N) is 1. The zero-order valence-electron chi connectivity index (χ0n) is 17.2. The number of carbonyl (C=O) groups excluding carboxylic acids is 2. The molecule has 3 aromatic carbocycles. The van der Waals surface area contributed by atoms with E-state index >= 15 is 0 Å². The lowest BCUT2D eigenvalue weighted by molar-refractivity contribution is -0.140. The normalized spacial score (nSPS) is 11.6. The molecule has 0 bridgehead atoms. The summed E-state index contributed by atoms with van der Waals surface area (Å²) in [5.74, 6) is -0.305. The minimum Gasteiger partial charge on any atom is -0.357 e. The van der Waals surface area contributed by atoms with E-state index in [1.807, 2.05) is 66.7 Å². The quantitative estimate of drug-likeness (QED) is 0.472. The molecule has 3 aromatic rings. The Morgan fingerprint density at radius 2 is 1.52 bits per heavy atom. The summed E-state index contributed by atoms with van der Waals surface area (Å²) in [6.07, 6.45) is 0.624. The first kappa shape index (κ1) is 23.0. The van der Waals surface area contributed by atoms with Gasteiger partial charge in [-0.3, -0.25) is 9.59 Å². The first-order valence-corrected chi connectivity index (χ1v) is 11.2. The summed E-state index contributed by atoms with van der Waals surface area (Å²) >= 11 is 9.42. The predicted octanol–water partition coefficient (Wildman–Crippen LogP) is 5.03. The Labute approximate surface area is 196 Å². The Morgan fingerprint density at radius 1 is 0.903 bits per heavy atom. The van der Waals surface area contributed by atoms with Crippen LogP contribution in [-0.4, -0.2) is 29.8 Å². The van der Waals surface area contributed by atoms with Gasteiger partial charge in [-0.05, 0) is 41.0 Å². The van der Waals surface area contributed by atoms with Crippen LogP contribution in [0, 0.1) is 0 Å². The van der Waals surface area contributed by atoms with Gasteiger partial charge in [-0.15, -0.1) is 0 Å². The average molecular weight is 500 g/mol. The molecule has 0 radical (unpaired) electrons. The molecule has 1 atom stereocenters. The SMILES string of the molecule is CNC(=O)C(Cc1ccccc1)N(Cc1ccc(Br)cc1)C(=O)Cc1ccc(Cl)cc1. The van der Waals surface area contributed by atoms with Gasteiger partial charge in [0.05, 0.1) is 6.42 Å². The highest BCUT2D eigenvalue weighted by molar-refractivity contribution is 9.10. The molecule has 0 spiro atoms. The lowest BCUT2D eigenvalue weighted by Crippen LogP contribution is -2.50. The maximum Gasteiger partial charge on any atom is 0.242 e. The van der Waals surface area contributed by atoms with Gasteiger partial charge >= 0.3 is 0 Å². The van der Waals surface area contributed by atoms with Gasteiger partial charge in [0.1, 0.15) is 6.04 Å². The molecular weight excluding hydrogens is 476 g/mol. The van der Waals surface area contributed by atoms with Crippen LogP contribution in [0.4, 0.5) is 0 Å². The molecule has 0 aliphatic rings. The van der Waals surface area contributed by atoms with E-state index in [-0.39, 0.29) is 18.2 Å². The van der Waals surface area contributed by atoms with E-state index in [0.29, 0.717) is 18.0 Å². The molecule has 6 heteroatoms. The largest absolute Gasteiger partial charge is 0.357 e. The molecule has 0 aliphatic carbocycles. The molecule has 1 unspecified atom stereocenters. The van der Waals surface area contributed by atoms with Gasteiger partial charge in [-0.25, -0.2) is 0 Å². The Bertz CT molecular complexity index is 1010. The summed E-state index contributed by atoms with van der Waals surface area (Å²) in [7, 11) is 1.60. The zero-order valence-corrected chi connectivity index (χ0v) is 19.6. The van der Waals surface area contributed by atoms with Crippen LogP contribution in [0.3, 0.4) is 0 Å². The van der Waals surface area contributed by atoms with Crippen LogP contribution in [0.15, 0.2) is 83.3 Å². The Morgan fingerprint density at radius 3 is 2.13 bits per heavy atom. The van der Waals surface area contributed by atoms with Crippen molar-refractivity contribution in [3.8, 4) is 0 Å². The molecule has 0 heterocycles. The number of amides is 2. The van der Waals surface area contributed by atoms with Crippen molar-refractivity contribution in [1.82, 2.24) is 10.2 Å². The van der Waals surface area contributed by atoms with Crippen molar-refractivity contribution in [3.63, 3.8) is 0 Å². The number of hydrogen-bond donors (Lipinski definition) is 1. The van der Waals surface area contributed by atoms with E-state index in [4.69, 9.17) is 11.6 Å². The second-order valence-electron chi connectivity index (χ2n) is 7.27. The number of benzene rings is 3. The van der Waals surface area contributed by atoms with Crippen molar-refractivity contribution < 1.29 is 9.59 Å². The van der Waals surface area contributed by atoms with Crippen molar-refractivity contribution in [1.29, 1.82) is 0 Å². The van der Waals surface area contributed by atoms with Gasteiger partial charge in [-0.1, -0.05) is 82.1 Å². The molecule has 4 nitrogen and oxygen atoms in total. The second kappa shape index (κ2) is 11.1. The van der Waals surface area contributed by atoms with Crippen LogP contribution >= 0.6 is 27.5 Å². The van der Waals surface area contributed by atoms with Gasteiger partial charge < -0.3 is 10.2 Å². The van der Waals surface area contributed by atoms with Gasteiger partial charge in [0.25, 0.3) is 0 Å². The van der Waals surface area contributed by atoms with E-state index < -0.39 is 6.04 Å². The van der Waals surface area contributed by atoms with Crippen LogP contribution in [0.5, 0.6) is 0 Å². The number of likely N-dealkylation sites (N-methyl/N-ethyl adjacent to an activating group) is 1. The Hall–Kier alpha value is -2.63. The Kier molecular flexibility index (Phi) is 8.27. The number of carbonyl (C=O) groups is 2. The van der Waals surface area contributed by atoms with Crippen LogP contribution in [0.2, 0.25) is 5.02 Å². The van der Waals surface area contributed by atoms with Gasteiger partial charge in [0.2, 0.25) is 11.8 Å². The minimum absolute atomic E-state index is 0.116. The number of hydrogen-bond acceptors (Lipinski definition) is 2. The average Bonchev–Trinajstić information content (AvgIpc) is 2.79. The summed E-state index contributed by atoms with van der Waals surface area (Å²) in [5.41, 5.74) is 2.80. The molecule has 0 saturated heterocycles. The molecule has 31 heavy (non-hydrogen) atoms. The van der Waals surface area contributed by atoms with Crippen molar-refractivity contribution in [3.05, 3.63) is 105 Å². The minimum atomic E-state index is -0.629. The van der Waals surface area contributed by atoms with E-state index in [9.17, 15) is 9.59 Å². The predicted molar refractivity (Wildman–Crippen MR) is 128 cm³/mol. The smallest absolute Gasteiger partial charge is 0.242 e. The highest BCUT2D eigenvalue weighted by Gasteiger charge is 2.29. The van der Waals surface area contributed by atoms with E-state index in [2.05, 4.69) is 21.2 Å². The molecular formula is C25H24BrClN2O2. The topological polar surface area (TPSA) is 49.4 Å². The van der Waals surface area contributed by atoms with Crippen molar-refractivity contribution in [2.45, 2.75) is 25.4 Å². The van der Waals surface area contributed by atoms with E-state index in [1.165, 1.54) is 0 Å². The highest BCUT2D eigenvalue weighted by atomic mass is 79.9. The Balaban J connectivity index is 1.92. The third kappa shape index (κ3) is 6.68. The lowest BCUT2D eigenvalue weighted by atomic mass is 10.0.